The lowest BCUT2D eigenvalue weighted by Crippen LogP contribution is -2.86. The standard InChI is InChI=1S/C21H19NO/c1-2-8-16(9-3-1)23-15-14-22-21-19-12-6-4-10-17(19)18-11-5-7-13-20(18)21/h1-13,21-22H,14-15H2/p+1. The molecular formula is C21H20NO+. The summed E-state index contributed by atoms with van der Waals surface area (Å²) in [6.07, 6.45) is 0. The Labute approximate surface area is 136 Å². The van der Waals surface area contributed by atoms with E-state index in [9.17, 15) is 0 Å². The van der Waals surface area contributed by atoms with Crippen molar-refractivity contribution in [2.75, 3.05) is 13.2 Å². The maximum absolute atomic E-state index is 5.81. The lowest BCUT2D eigenvalue weighted by molar-refractivity contribution is -0.686. The third-order valence-corrected chi connectivity index (χ3v) is 4.41. The Bertz CT molecular complexity index is 752. The van der Waals surface area contributed by atoms with E-state index in [0.717, 1.165) is 12.3 Å². The average molecular weight is 302 g/mol. The van der Waals surface area contributed by atoms with E-state index < -0.39 is 0 Å². The molecule has 4 rings (SSSR count). The number of quaternary nitrogens is 1. The van der Waals surface area contributed by atoms with E-state index in [0.29, 0.717) is 12.6 Å². The molecule has 0 amide bonds. The zero-order valence-corrected chi connectivity index (χ0v) is 13.0. The van der Waals surface area contributed by atoms with Crippen LogP contribution in [0.4, 0.5) is 0 Å². The van der Waals surface area contributed by atoms with Crippen molar-refractivity contribution in [1.82, 2.24) is 0 Å². The highest BCUT2D eigenvalue weighted by atomic mass is 16.5. The minimum Gasteiger partial charge on any atom is -0.488 e. The van der Waals surface area contributed by atoms with Gasteiger partial charge in [0.1, 0.15) is 24.9 Å². The second-order valence-corrected chi connectivity index (χ2v) is 5.84. The first kappa shape index (κ1) is 14.0. The highest BCUT2D eigenvalue weighted by Crippen LogP contribution is 2.40. The normalized spacial score (nSPS) is 12.7. The highest BCUT2D eigenvalue weighted by molar-refractivity contribution is 5.77. The van der Waals surface area contributed by atoms with Crippen molar-refractivity contribution < 1.29 is 10.1 Å². The van der Waals surface area contributed by atoms with E-state index in [-0.39, 0.29) is 0 Å². The molecule has 0 aliphatic heterocycles. The third-order valence-electron chi connectivity index (χ3n) is 4.41. The monoisotopic (exact) mass is 302 g/mol. The summed E-state index contributed by atoms with van der Waals surface area (Å²) in [4.78, 5) is 0. The number of ether oxygens (including phenoxy) is 1. The van der Waals surface area contributed by atoms with Crippen LogP contribution in [0.3, 0.4) is 0 Å². The van der Waals surface area contributed by atoms with Crippen LogP contribution >= 0.6 is 0 Å². The zero-order valence-electron chi connectivity index (χ0n) is 13.0. The first-order chi connectivity index (χ1) is 11.4. The van der Waals surface area contributed by atoms with Crippen LogP contribution in [-0.4, -0.2) is 13.2 Å². The van der Waals surface area contributed by atoms with E-state index >= 15 is 0 Å². The Morgan fingerprint density at radius 2 is 1.26 bits per heavy atom. The number of para-hydroxylation sites is 1. The molecule has 0 aromatic heterocycles. The average Bonchev–Trinajstić information content (AvgIpc) is 2.94. The van der Waals surface area contributed by atoms with Gasteiger partial charge in [-0.2, -0.15) is 0 Å². The number of rotatable bonds is 5. The molecule has 23 heavy (non-hydrogen) atoms. The van der Waals surface area contributed by atoms with Crippen molar-refractivity contribution in [2.24, 2.45) is 0 Å². The highest BCUT2D eigenvalue weighted by Gasteiger charge is 2.30. The van der Waals surface area contributed by atoms with Gasteiger partial charge in [-0.25, -0.2) is 0 Å². The summed E-state index contributed by atoms with van der Waals surface area (Å²) < 4.78 is 5.81. The SMILES string of the molecule is c1ccc(OCC[NH2+]C2c3ccccc3-c3ccccc32)cc1. The first-order valence-corrected chi connectivity index (χ1v) is 8.13. The van der Waals surface area contributed by atoms with Gasteiger partial charge in [-0.05, 0) is 23.3 Å². The molecule has 0 atom stereocenters. The van der Waals surface area contributed by atoms with Crippen molar-refractivity contribution in [2.45, 2.75) is 6.04 Å². The van der Waals surface area contributed by atoms with Crippen LogP contribution in [0.5, 0.6) is 5.75 Å². The van der Waals surface area contributed by atoms with E-state index in [1.807, 2.05) is 30.3 Å². The quantitative estimate of drug-likeness (QED) is 0.718. The number of fused-ring (bicyclic) bond motifs is 3. The summed E-state index contributed by atoms with van der Waals surface area (Å²) in [7, 11) is 0. The Kier molecular flexibility index (Phi) is 3.83. The van der Waals surface area contributed by atoms with Crippen molar-refractivity contribution in [3.63, 3.8) is 0 Å². The van der Waals surface area contributed by atoms with Crippen molar-refractivity contribution >= 4 is 0 Å². The van der Waals surface area contributed by atoms with E-state index in [4.69, 9.17) is 4.74 Å². The maximum Gasteiger partial charge on any atom is 0.139 e. The fourth-order valence-electron chi connectivity index (χ4n) is 3.38. The van der Waals surface area contributed by atoms with Crippen LogP contribution in [0, 0.1) is 0 Å². The molecule has 0 saturated carbocycles. The molecule has 0 saturated heterocycles. The van der Waals surface area contributed by atoms with Gasteiger partial charge in [0, 0.05) is 11.1 Å². The minimum atomic E-state index is 0.377. The van der Waals surface area contributed by atoms with Crippen molar-refractivity contribution in [3.8, 4) is 16.9 Å². The van der Waals surface area contributed by atoms with Gasteiger partial charge in [0.2, 0.25) is 0 Å². The molecule has 2 N–H and O–H groups in total. The van der Waals surface area contributed by atoms with E-state index in [2.05, 4.69) is 53.8 Å². The number of benzene rings is 3. The number of nitrogens with two attached hydrogens (primary N) is 1. The predicted molar refractivity (Wildman–Crippen MR) is 92.5 cm³/mol. The molecule has 1 aliphatic carbocycles. The summed E-state index contributed by atoms with van der Waals surface area (Å²) in [5, 5.41) is 2.38. The summed E-state index contributed by atoms with van der Waals surface area (Å²) in [6.45, 7) is 1.65. The number of hydrogen-bond acceptors (Lipinski definition) is 1. The molecule has 0 spiro atoms. The second kappa shape index (κ2) is 6.27. The van der Waals surface area contributed by atoms with Gasteiger partial charge in [-0.1, -0.05) is 66.7 Å². The van der Waals surface area contributed by atoms with Crippen LogP contribution in [-0.2, 0) is 0 Å². The summed E-state index contributed by atoms with van der Waals surface area (Å²) in [6, 6.07) is 27.8. The fourth-order valence-corrected chi connectivity index (χ4v) is 3.38. The Balaban J connectivity index is 1.47. The van der Waals surface area contributed by atoms with Crippen LogP contribution in [0.15, 0.2) is 78.9 Å². The molecular weight excluding hydrogens is 282 g/mol. The molecule has 0 heterocycles. The van der Waals surface area contributed by atoms with Crippen LogP contribution < -0.4 is 10.1 Å². The maximum atomic E-state index is 5.81. The van der Waals surface area contributed by atoms with Gasteiger partial charge in [-0.15, -0.1) is 0 Å². The Hall–Kier alpha value is -2.58. The number of hydrogen-bond donors (Lipinski definition) is 1. The predicted octanol–water partition coefficient (Wildman–Crippen LogP) is 3.40. The zero-order chi connectivity index (χ0) is 15.5. The largest absolute Gasteiger partial charge is 0.488 e. The van der Waals surface area contributed by atoms with E-state index in [1.165, 1.54) is 22.3 Å². The van der Waals surface area contributed by atoms with E-state index in [1.54, 1.807) is 0 Å². The molecule has 0 radical (unpaired) electrons. The van der Waals surface area contributed by atoms with Gasteiger partial charge < -0.3 is 10.1 Å². The van der Waals surface area contributed by atoms with Crippen LogP contribution in [0.2, 0.25) is 0 Å². The Morgan fingerprint density at radius 1 is 0.696 bits per heavy atom. The van der Waals surface area contributed by atoms with Gasteiger partial charge in [0.15, 0.2) is 0 Å². The minimum absolute atomic E-state index is 0.377. The molecule has 0 unspecified atom stereocenters. The Morgan fingerprint density at radius 3 is 1.91 bits per heavy atom. The fraction of sp³-hybridized carbons (Fsp3) is 0.143. The molecule has 3 aromatic rings. The lowest BCUT2D eigenvalue weighted by atomic mass is 10.1. The van der Waals surface area contributed by atoms with Gasteiger partial charge in [-0.3, -0.25) is 0 Å². The molecule has 2 nitrogen and oxygen atoms in total. The molecule has 0 fully saturated rings. The van der Waals surface area contributed by atoms with Gasteiger partial charge >= 0.3 is 0 Å². The third kappa shape index (κ3) is 2.73. The van der Waals surface area contributed by atoms with Crippen LogP contribution in [0.25, 0.3) is 11.1 Å². The summed E-state index contributed by atoms with van der Waals surface area (Å²) >= 11 is 0. The van der Waals surface area contributed by atoms with Gasteiger partial charge in [0.05, 0.1) is 0 Å². The molecule has 1 aliphatic rings. The molecule has 3 aromatic carbocycles. The summed E-state index contributed by atoms with van der Waals surface area (Å²) in [5.74, 6) is 0.938. The van der Waals surface area contributed by atoms with Crippen molar-refractivity contribution in [1.29, 1.82) is 0 Å². The smallest absolute Gasteiger partial charge is 0.139 e. The first-order valence-electron chi connectivity index (χ1n) is 8.13. The second-order valence-electron chi connectivity index (χ2n) is 5.84. The molecule has 114 valence electrons. The van der Waals surface area contributed by atoms with Crippen molar-refractivity contribution in [3.05, 3.63) is 90.0 Å². The van der Waals surface area contributed by atoms with Gasteiger partial charge in [0.25, 0.3) is 0 Å². The summed E-state index contributed by atoms with van der Waals surface area (Å²) in [5.41, 5.74) is 5.56. The molecule has 0 bridgehead atoms. The van der Waals surface area contributed by atoms with Crippen LogP contribution in [0.1, 0.15) is 17.2 Å². The molecule has 2 heteroatoms. The topological polar surface area (TPSA) is 25.8 Å². The lowest BCUT2D eigenvalue weighted by Gasteiger charge is -2.13.